The van der Waals surface area contributed by atoms with Gasteiger partial charge in [0, 0.05) is 12.6 Å². The van der Waals surface area contributed by atoms with E-state index in [2.05, 4.69) is 21.8 Å². The van der Waals surface area contributed by atoms with Gasteiger partial charge in [0.15, 0.2) is 0 Å². The van der Waals surface area contributed by atoms with Crippen molar-refractivity contribution in [3.05, 3.63) is 18.1 Å². The third kappa shape index (κ3) is 2.78. The molecule has 0 bridgehead atoms. The Balaban J connectivity index is 2.19. The first-order valence-corrected chi connectivity index (χ1v) is 6.65. The first-order chi connectivity index (χ1) is 8.72. The van der Waals surface area contributed by atoms with Crippen molar-refractivity contribution in [2.45, 2.75) is 45.1 Å². The number of anilines is 1. The number of aromatic nitrogens is 2. The molecule has 5 heteroatoms. The minimum absolute atomic E-state index is 0.0306. The number of hydrogen-bond acceptors (Lipinski definition) is 4. The fourth-order valence-corrected chi connectivity index (χ4v) is 2.51. The summed E-state index contributed by atoms with van der Waals surface area (Å²) in [5, 5.41) is 7.32. The van der Waals surface area contributed by atoms with Crippen LogP contribution in [0.4, 0.5) is 5.82 Å². The standard InChI is InChI=1S/C13H21N5/c1-2-10-6-4-3-5-7-18(10)12-9-16-11(8-17-12)13(14)15/h8-10H,2-7H2,1H3,(H3,14,15). The van der Waals surface area contributed by atoms with Crippen LogP contribution in [-0.4, -0.2) is 28.4 Å². The Labute approximate surface area is 108 Å². The van der Waals surface area contributed by atoms with Crippen molar-refractivity contribution in [3.8, 4) is 0 Å². The minimum atomic E-state index is -0.0306. The van der Waals surface area contributed by atoms with Crippen molar-refractivity contribution in [1.82, 2.24) is 9.97 Å². The van der Waals surface area contributed by atoms with E-state index in [1.165, 1.54) is 25.7 Å². The van der Waals surface area contributed by atoms with E-state index < -0.39 is 0 Å². The highest BCUT2D eigenvalue weighted by Crippen LogP contribution is 2.23. The predicted molar refractivity (Wildman–Crippen MR) is 72.9 cm³/mol. The molecule has 2 heterocycles. The van der Waals surface area contributed by atoms with Crippen molar-refractivity contribution >= 4 is 11.7 Å². The van der Waals surface area contributed by atoms with Gasteiger partial charge in [-0.05, 0) is 19.3 Å². The summed E-state index contributed by atoms with van der Waals surface area (Å²) in [6.45, 7) is 3.27. The monoisotopic (exact) mass is 247 g/mol. The maximum atomic E-state index is 7.32. The Hall–Kier alpha value is -1.65. The van der Waals surface area contributed by atoms with Crippen LogP contribution in [0.15, 0.2) is 12.4 Å². The molecule has 5 nitrogen and oxygen atoms in total. The van der Waals surface area contributed by atoms with Crippen molar-refractivity contribution < 1.29 is 0 Å². The second-order valence-electron chi connectivity index (χ2n) is 4.78. The van der Waals surface area contributed by atoms with E-state index in [0.717, 1.165) is 18.8 Å². The van der Waals surface area contributed by atoms with Crippen LogP contribution in [-0.2, 0) is 0 Å². The van der Waals surface area contributed by atoms with Crippen molar-refractivity contribution in [2.75, 3.05) is 11.4 Å². The van der Waals surface area contributed by atoms with Crippen molar-refractivity contribution in [3.63, 3.8) is 0 Å². The number of nitrogens with two attached hydrogens (primary N) is 1. The molecule has 1 aromatic rings. The number of nitrogen functional groups attached to an aromatic ring is 1. The van der Waals surface area contributed by atoms with Gasteiger partial charge in [0.2, 0.25) is 0 Å². The van der Waals surface area contributed by atoms with Crippen molar-refractivity contribution in [2.24, 2.45) is 5.73 Å². The molecule has 3 N–H and O–H groups in total. The smallest absolute Gasteiger partial charge is 0.147 e. The summed E-state index contributed by atoms with van der Waals surface area (Å²) in [4.78, 5) is 11.0. The Morgan fingerprint density at radius 1 is 1.39 bits per heavy atom. The number of nitrogens with zero attached hydrogens (tertiary/aromatic N) is 3. The Morgan fingerprint density at radius 3 is 2.83 bits per heavy atom. The summed E-state index contributed by atoms with van der Waals surface area (Å²) >= 11 is 0. The maximum absolute atomic E-state index is 7.32. The zero-order chi connectivity index (χ0) is 13.0. The van der Waals surface area contributed by atoms with E-state index >= 15 is 0 Å². The topological polar surface area (TPSA) is 78.9 Å². The van der Waals surface area contributed by atoms with Gasteiger partial charge in [-0.2, -0.15) is 0 Å². The summed E-state index contributed by atoms with van der Waals surface area (Å²) in [5.74, 6) is 0.880. The minimum Gasteiger partial charge on any atom is -0.382 e. The lowest BCUT2D eigenvalue weighted by Crippen LogP contribution is -2.35. The lowest BCUT2D eigenvalue weighted by molar-refractivity contribution is 0.551. The molecule has 0 saturated carbocycles. The zero-order valence-corrected chi connectivity index (χ0v) is 10.9. The summed E-state index contributed by atoms with van der Waals surface area (Å²) < 4.78 is 0. The van der Waals surface area contributed by atoms with E-state index in [4.69, 9.17) is 11.1 Å². The van der Waals surface area contributed by atoms with Crippen LogP contribution in [0.2, 0.25) is 0 Å². The third-order valence-corrected chi connectivity index (χ3v) is 3.56. The SMILES string of the molecule is CCC1CCCCCN1c1cnc(C(=N)N)cn1. The predicted octanol–water partition coefficient (Wildman–Crippen LogP) is 1.92. The van der Waals surface area contributed by atoms with E-state index in [1.54, 1.807) is 12.4 Å². The quantitative estimate of drug-likeness (QED) is 0.632. The first-order valence-electron chi connectivity index (χ1n) is 6.65. The molecule has 1 atom stereocenters. The number of hydrogen-bond donors (Lipinski definition) is 2. The number of rotatable bonds is 3. The van der Waals surface area contributed by atoms with Gasteiger partial charge in [-0.25, -0.2) is 9.97 Å². The highest BCUT2D eigenvalue weighted by molar-refractivity contribution is 5.92. The number of nitrogens with one attached hydrogen (secondary N) is 1. The average molecular weight is 247 g/mol. The molecule has 1 unspecified atom stereocenters. The van der Waals surface area contributed by atoms with Crippen LogP contribution in [0.1, 0.15) is 44.7 Å². The van der Waals surface area contributed by atoms with Gasteiger partial charge < -0.3 is 10.6 Å². The Bertz CT molecular complexity index is 400. The molecular formula is C13H21N5. The van der Waals surface area contributed by atoms with Crippen LogP contribution in [0, 0.1) is 5.41 Å². The molecule has 0 aliphatic carbocycles. The Morgan fingerprint density at radius 2 is 2.22 bits per heavy atom. The second-order valence-corrected chi connectivity index (χ2v) is 4.78. The normalized spacial score (nSPS) is 20.5. The summed E-state index contributed by atoms with van der Waals surface area (Å²) in [7, 11) is 0. The molecule has 0 spiro atoms. The van der Waals surface area contributed by atoms with E-state index in [9.17, 15) is 0 Å². The third-order valence-electron chi connectivity index (χ3n) is 3.56. The molecule has 1 aromatic heterocycles. The summed E-state index contributed by atoms with van der Waals surface area (Å²) in [5.41, 5.74) is 5.83. The molecule has 0 amide bonds. The largest absolute Gasteiger partial charge is 0.382 e. The molecule has 18 heavy (non-hydrogen) atoms. The van der Waals surface area contributed by atoms with Crippen LogP contribution in [0.25, 0.3) is 0 Å². The van der Waals surface area contributed by atoms with Gasteiger partial charge in [-0.15, -0.1) is 0 Å². The molecule has 1 aliphatic rings. The van der Waals surface area contributed by atoms with Gasteiger partial charge in [-0.1, -0.05) is 19.8 Å². The van der Waals surface area contributed by atoms with Crippen LogP contribution in [0.5, 0.6) is 0 Å². The molecular weight excluding hydrogens is 226 g/mol. The molecule has 1 fully saturated rings. The van der Waals surface area contributed by atoms with Crippen molar-refractivity contribution in [1.29, 1.82) is 5.41 Å². The molecule has 1 aliphatic heterocycles. The van der Waals surface area contributed by atoms with E-state index in [0.29, 0.717) is 11.7 Å². The van der Waals surface area contributed by atoms with Gasteiger partial charge in [0.1, 0.15) is 17.3 Å². The summed E-state index contributed by atoms with van der Waals surface area (Å²) in [6, 6.07) is 0.560. The molecule has 98 valence electrons. The van der Waals surface area contributed by atoms with Gasteiger partial charge in [-0.3, -0.25) is 5.41 Å². The average Bonchev–Trinajstić information content (AvgIpc) is 2.63. The molecule has 1 saturated heterocycles. The lowest BCUT2D eigenvalue weighted by atomic mass is 10.1. The van der Waals surface area contributed by atoms with Crippen LogP contribution >= 0.6 is 0 Å². The van der Waals surface area contributed by atoms with Gasteiger partial charge >= 0.3 is 0 Å². The zero-order valence-electron chi connectivity index (χ0n) is 10.9. The van der Waals surface area contributed by atoms with Gasteiger partial charge in [0.05, 0.1) is 12.4 Å². The molecule has 2 rings (SSSR count). The Kier molecular flexibility index (Phi) is 4.12. The van der Waals surface area contributed by atoms with Crippen LogP contribution in [0.3, 0.4) is 0 Å². The summed E-state index contributed by atoms with van der Waals surface area (Å²) in [6.07, 6.45) is 9.51. The fourth-order valence-electron chi connectivity index (χ4n) is 2.51. The van der Waals surface area contributed by atoms with E-state index in [1.807, 2.05) is 0 Å². The highest BCUT2D eigenvalue weighted by Gasteiger charge is 2.20. The first kappa shape index (κ1) is 12.8. The second kappa shape index (κ2) is 5.80. The lowest BCUT2D eigenvalue weighted by Gasteiger charge is -2.30. The van der Waals surface area contributed by atoms with Crippen LogP contribution < -0.4 is 10.6 Å². The molecule has 0 aromatic carbocycles. The molecule has 0 radical (unpaired) electrons. The van der Waals surface area contributed by atoms with Gasteiger partial charge in [0.25, 0.3) is 0 Å². The van der Waals surface area contributed by atoms with E-state index in [-0.39, 0.29) is 5.84 Å². The maximum Gasteiger partial charge on any atom is 0.147 e. The fraction of sp³-hybridized carbons (Fsp3) is 0.615. The highest BCUT2D eigenvalue weighted by atomic mass is 15.2. The number of amidine groups is 1.